The van der Waals surface area contributed by atoms with Gasteiger partial charge < -0.3 is 4.67 Å². The molecule has 0 radical (unpaired) electrons. The molecule has 0 saturated carbocycles. The second-order valence-electron chi connectivity index (χ2n) is 5.27. The number of nitrogens with zero attached hydrogens (tertiary/aromatic N) is 1. The van der Waals surface area contributed by atoms with Gasteiger partial charge in [-0.05, 0) is 37.5 Å². The third kappa shape index (κ3) is 2.51. The molecule has 2 atom stereocenters. The minimum atomic E-state index is -2.49. The van der Waals surface area contributed by atoms with E-state index in [1.165, 1.54) is 5.57 Å². The highest BCUT2D eigenvalue weighted by Gasteiger charge is 2.43. The summed E-state index contributed by atoms with van der Waals surface area (Å²) in [5, 5.41) is 1.01. The first-order valence-electron chi connectivity index (χ1n) is 7.25. The molecule has 19 heavy (non-hydrogen) atoms. The second-order valence-corrected chi connectivity index (χ2v) is 8.17. The molecule has 3 heteroatoms. The Bertz CT molecular complexity index is 495. The number of allylic oxidation sites excluding steroid dienone is 1. The smallest absolute Gasteiger partial charge is 0.207 e. The highest BCUT2D eigenvalue weighted by atomic mass is 31.2. The predicted octanol–water partition coefficient (Wildman–Crippen LogP) is 4.39. The summed E-state index contributed by atoms with van der Waals surface area (Å²) in [5.74, 6) is 0. The fourth-order valence-corrected chi connectivity index (χ4v) is 6.45. The van der Waals surface area contributed by atoms with Crippen molar-refractivity contribution in [3.05, 3.63) is 42.1 Å². The summed E-state index contributed by atoms with van der Waals surface area (Å²) in [6.45, 7) is 7.34. The van der Waals surface area contributed by atoms with Crippen LogP contribution in [0.15, 0.2) is 42.1 Å². The van der Waals surface area contributed by atoms with Crippen LogP contribution < -0.4 is 5.30 Å². The predicted molar refractivity (Wildman–Crippen MR) is 83.1 cm³/mol. The highest BCUT2D eigenvalue weighted by Crippen LogP contribution is 2.61. The average Bonchev–Trinajstić information content (AvgIpc) is 2.69. The lowest BCUT2D eigenvalue weighted by Gasteiger charge is -2.30. The van der Waals surface area contributed by atoms with Gasteiger partial charge in [0.25, 0.3) is 0 Å². The Kier molecular flexibility index (Phi) is 4.52. The molecule has 0 amide bonds. The summed E-state index contributed by atoms with van der Waals surface area (Å²) < 4.78 is 15.8. The van der Waals surface area contributed by atoms with Crippen molar-refractivity contribution < 1.29 is 4.57 Å². The Morgan fingerprint density at radius 3 is 2.47 bits per heavy atom. The van der Waals surface area contributed by atoms with Crippen molar-refractivity contribution in [1.82, 2.24) is 4.67 Å². The molecule has 1 heterocycles. The van der Waals surface area contributed by atoms with Crippen LogP contribution >= 0.6 is 7.29 Å². The first-order chi connectivity index (χ1) is 9.14. The van der Waals surface area contributed by atoms with Crippen molar-refractivity contribution in [2.75, 3.05) is 6.54 Å². The molecule has 0 N–H and O–H groups in total. The van der Waals surface area contributed by atoms with Gasteiger partial charge in [-0.25, -0.2) is 0 Å². The molecule has 104 valence electrons. The third-order valence-electron chi connectivity index (χ3n) is 3.94. The molecule has 1 aromatic carbocycles. The lowest BCUT2D eigenvalue weighted by Crippen LogP contribution is -2.24. The van der Waals surface area contributed by atoms with Crippen LogP contribution in [0.25, 0.3) is 0 Å². The summed E-state index contributed by atoms with van der Waals surface area (Å²) in [6.07, 6.45) is 5.31. The number of hydrogen-bond donors (Lipinski definition) is 0. The van der Waals surface area contributed by atoms with E-state index in [-0.39, 0.29) is 5.66 Å². The average molecular weight is 277 g/mol. The highest BCUT2D eigenvalue weighted by molar-refractivity contribution is 7.70. The number of unbranched alkanes of at least 4 members (excludes halogenated alkanes) is 1. The van der Waals surface area contributed by atoms with Crippen LogP contribution in [-0.4, -0.2) is 16.9 Å². The van der Waals surface area contributed by atoms with Gasteiger partial charge in [-0.3, -0.25) is 4.57 Å². The molecule has 1 aromatic rings. The minimum absolute atomic E-state index is 0.187. The lowest BCUT2D eigenvalue weighted by molar-refractivity contribution is 0.496. The van der Waals surface area contributed by atoms with Gasteiger partial charge in [-0.15, -0.1) is 0 Å². The first kappa shape index (κ1) is 14.4. The van der Waals surface area contributed by atoms with Crippen molar-refractivity contribution in [1.29, 1.82) is 0 Å². The molecule has 1 aliphatic rings. The SMILES string of the molecule is CCCCN1C=C(C)C(CC)P1(=O)c1ccccc1. The number of benzene rings is 1. The van der Waals surface area contributed by atoms with E-state index in [4.69, 9.17) is 0 Å². The minimum Gasteiger partial charge on any atom is -0.325 e. The lowest BCUT2D eigenvalue weighted by atomic mass is 10.2. The van der Waals surface area contributed by atoms with Crippen molar-refractivity contribution in [3.8, 4) is 0 Å². The molecule has 0 saturated heterocycles. The van der Waals surface area contributed by atoms with E-state index in [1.54, 1.807) is 0 Å². The molecule has 0 bridgehead atoms. The molecule has 0 aromatic heterocycles. The van der Waals surface area contributed by atoms with E-state index in [2.05, 4.69) is 31.6 Å². The molecule has 2 rings (SSSR count). The van der Waals surface area contributed by atoms with Gasteiger partial charge in [0.1, 0.15) is 0 Å². The Labute approximate surface area is 116 Å². The van der Waals surface area contributed by atoms with Crippen LogP contribution in [-0.2, 0) is 4.57 Å². The Hall–Kier alpha value is -1.01. The maximum atomic E-state index is 13.7. The summed E-state index contributed by atoms with van der Waals surface area (Å²) in [4.78, 5) is 0. The molecule has 0 aliphatic carbocycles. The van der Waals surface area contributed by atoms with Gasteiger partial charge in [-0.1, -0.05) is 38.5 Å². The zero-order chi connectivity index (χ0) is 13.9. The molecule has 0 spiro atoms. The summed E-state index contributed by atoms with van der Waals surface area (Å²) in [7, 11) is -2.49. The van der Waals surface area contributed by atoms with Crippen molar-refractivity contribution in [2.45, 2.75) is 45.7 Å². The van der Waals surface area contributed by atoms with Gasteiger partial charge in [0, 0.05) is 18.0 Å². The Balaban J connectivity index is 2.40. The molecular weight excluding hydrogens is 253 g/mol. The maximum absolute atomic E-state index is 13.7. The Morgan fingerprint density at radius 2 is 1.89 bits per heavy atom. The van der Waals surface area contributed by atoms with Crippen LogP contribution in [0.5, 0.6) is 0 Å². The largest absolute Gasteiger partial charge is 0.325 e. The van der Waals surface area contributed by atoms with Gasteiger partial charge in [0.2, 0.25) is 7.29 Å². The zero-order valence-electron chi connectivity index (χ0n) is 12.2. The van der Waals surface area contributed by atoms with Crippen LogP contribution in [0.1, 0.15) is 40.0 Å². The molecule has 0 fully saturated rings. The van der Waals surface area contributed by atoms with Crippen molar-refractivity contribution in [3.63, 3.8) is 0 Å². The van der Waals surface area contributed by atoms with Crippen LogP contribution in [0.2, 0.25) is 0 Å². The summed E-state index contributed by atoms with van der Waals surface area (Å²) >= 11 is 0. The first-order valence-corrected chi connectivity index (χ1v) is 8.98. The van der Waals surface area contributed by atoms with Gasteiger partial charge >= 0.3 is 0 Å². The molecule has 1 aliphatic heterocycles. The molecular formula is C16H24NOP. The van der Waals surface area contributed by atoms with Gasteiger partial charge in [0.05, 0.1) is 5.66 Å². The number of hydrogen-bond acceptors (Lipinski definition) is 1. The van der Waals surface area contributed by atoms with E-state index in [9.17, 15) is 4.57 Å². The normalized spacial score (nSPS) is 26.6. The third-order valence-corrected chi connectivity index (χ3v) is 7.67. The number of rotatable bonds is 5. The quantitative estimate of drug-likeness (QED) is 0.744. The van der Waals surface area contributed by atoms with Gasteiger partial charge in [0.15, 0.2) is 0 Å². The topological polar surface area (TPSA) is 20.3 Å². The second kappa shape index (κ2) is 5.96. The van der Waals surface area contributed by atoms with Crippen LogP contribution in [0.4, 0.5) is 0 Å². The van der Waals surface area contributed by atoms with Gasteiger partial charge in [-0.2, -0.15) is 0 Å². The van der Waals surface area contributed by atoms with Crippen molar-refractivity contribution in [2.24, 2.45) is 0 Å². The van der Waals surface area contributed by atoms with E-state index in [1.807, 2.05) is 30.3 Å². The fraction of sp³-hybridized carbons (Fsp3) is 0.500. The molecule has 2 unspecified atom stereocenters. The monoisotopic (exact) mass is 277 g/mol. The van der Waals surface area contributed by atoms with Crippen LogP contribution in [0.3, 0.4) is 0 Å². The van der Waals surface area contributed by atoms with E-state index in [0.29, 0.717) is 0 Å². The van der Waals surface area contributed by atoms with E-state index >= 15 is 0 Å². The Morgan fingerprint density at radius 1 is 1.21 bits per heavy atom. The maximum Gasteiger partial charge on any atom is 0.207 e. The van der Waals surface area contributed by atoms with Crippen LogP contribution in [0, 0.1) is 0 Å². The zero-order valence-corrected chi connectivity index (χ0v) is 13.1. The fourth-order valence-electron chi connectivity index (χ4n) is 2.93. The molecule has 2 nitrogen and oxygen atoms in total. The standard InChI is InChI=1S/C16H24NOP/c1-4-6-12-17-13-14(3)16(5-2)19(17,18)15-10-8-7-9-11-15/h7-11,13,16H,4-6,12H2,1-3H3. The summed E-state index contributed by atoms with van der Waals surface area (Å²) in [5.41, 5.74) is 1.46. The van der Waals surface area contributed by atoms with E-state index < -0.39 is 7.29 Å². The van der Waals surface area contributed by atoms with Crippen molar-refractivity contribution >= 4 is 12.6 Å². The van der Waals surface area contributed by atoms with E-state index in [0.717, 1.165) is 31.1 Å². The summed E-state index contributed by atoms with van der Waals surface area (Å²) in [6, 6.07) is 10.0.